The van der Waals surface area contributed by atoms with Gasteiger partial charge in [-0.2, -0.15) is 0 Å². The summed E-state index contributed by atoms with van der Waals surface area (Å²) in [7, 11) is 6.12. The summed E-state index contributed by atoms with van der Waals surface area (Å²) in [6, 6.07) is -0.210. The van der Waals surface area contributed by atoms with E-state index in [1.807, 2.05) is 21.0 Å². The third-order valence-electron chi connectivity index (χ3n) is 14.0. The van der Waals surface area contributed by atoms with Crippen LogP contribution in [0.5, 0.6) is 0 Å². The Morgan fingerprint density at radius 1 is 0.978 bits per heavy atom. The normalized spacial score (nSPS) is 37.5. The number of hydrogen-bond acceptors (Lipinski definition) is 5. The van der Waals surface area contributed by atoms with Crippen LogP contribution in [-0.4, -0.2) is 78.0 Å². The Labute approximate surface area is 273 Å². The van der Waals surface area contributed by atoms with Crippen molar-refractivity contribution in [3.05, 3.63) is 11.6 Å². The summed E-state index contributed by atoms with van der Waals surface area (Å²) >= 11 is 0. The van der Waals surface area contributed by atoms with Crippen molar-refractivity contribution in [3.8, 4) is 0 Å². The van der Waals surface area contributed by atoms with Crippen molar-refractivity contribution < 1.29 is 24.6 Å². The monoisotopic (exact) mass is 628 g/mol. The fourth-order valence-electron chi connectivity index (χ4n) is 11.5. The summed E-state index contributed by atoms with van der Waals surface area (Å²) < 4.78 is 0. The molecule has 10 atom stereocenters. The van der Waals surface area contributed by atoms with E-state index < -0.39 is 29.1 Å². The van der Waals surface area contributed by atoms with Crippen LogP contribution in [0.1, 0.15) is 112 Å². The smallest absolute Gasteiger partial charge is 0.373 e. The molecule has 0 aromatic heterocycles. The lowest BCUT2D eigenvalue weighted by Crippen LogP contribution is -2.62. The largest absolute Gasteiger partial charge is 0.481 e. The second kappa shape index (κ2) is 13.8. The van der Waals surface area contributed by atoms with Gasteiger partial charge in [-0.1, -0.05) is 72.5 Å². The van der Waals surface area contributed by atoms with Crippen LogP contribution in [0.3, 0.4) is 0 Å². The molecule has 45 heavy (non-hydrogen) atoms. The first-order valence-electron chi connectivity index (χ1n) is 18.1. The number of fused-ring (bicyclic) bond motifs is 5. The SMILES string of the molecule is CCC1([C@H](C(=O)O)C(=O)C(=O)O)CC2=CCC3C(CC[C@@]4(C)C3CC[C@@H]4[C@H](C)CCCC(C)C)[C@@]2(C)CC1N(C)CCN(C)C. The summed E-state index contributed by atoms with van der Waals surface area (Å²) in [4.78, 5) is 42.4. The number of hydrogen-bond donors (Lipinski definition) is 2. The lowest BCUT2D eigenvalue weighted by atomic mass is 9.43. The molecule has 0 heterocycles. The second-order valence-corrected chi connectivity index (χ2v) is 17.0. The Bertz CT molecular complexity index is 1130. The number of carboxylic acids is 2. The minimum absolute atomic E-state index is 0.0871. The van der Waals surface area contributed by atoms with E-state index in [1.165, 1.54) is 50.5 Å². The van der Waals surface area contributed by atoms with Gasteiger partial charge in [0.25, 0.3) is 5.78 Å². The predicted octanol–water partition coefficient (Wildman–Crippen LogP) is 7.25. The highest BCUT2D eigenvalue weighted by molar-refractivity contribution is 6.37. The first kappa shape index (κ1) is 36.1. The number of likely N-dealkylation sites (N-methyl/N-ethyl adjacent to an activating group) is 2. The highest BCUT2D eigenvalue weighted by Crippen LogP contribution is 2.69. The first-order chi connectivity index (χ1) is 21.0. The molecule has 5 unspecified atom stereocenters. The van der Waals surface area contributed by atoms with Crippen molar-refractivity contribution in [2.75, 3.05) is 34.2 Å². The number of carbonyl (C=O) groups excluding carboxylic acids is 1. The zero-order valence-electron chi connectivity index (χ0n) is 29.9. The van der Waals surface area contributed by atoms with Crippen molar-refractivity contribution in [1.29, 1.82) is 0 Å². The van der Waals surface area contributed by atoms with Crippen LogP contribution in [0.2, 0.25) is 0 Å². The molecule has 0 aromatic rings. The Hall–Kier alpha value is -1.73. The van der Waals surface area contributed by atoms with Crippen LogP contribution in [0.25, 0.3) is 0 Å². The molecular formula is C38H64N2O5. The van der Waals surface area contributed by atoms with Crippen molar-refractivity contribution >= 4 is 17.7 Å². The fourth-order valence-corrected chi connectivity index (χ4v) is 11.5. The van der Waals surface area contributed by atoms with E-state index in [4.69, 9.17) is 0 Å². The molecule has 0 bridgehead atoms. The van der Waals surface area contributed by atoms with Gasteiger partial charge in [0.2, 0.25) is 0 Å². The van der Waals surface area contributed by atoms with E-state index in [1.54, 1.807) is 0 Å². The van der Waals surface area contributed by atoms with Gasteiger partial charge in [-0.05, 0) is 119 Å². The molecular weight excluding hydrogens is 564 g/mol. The molecule has 4 aliphatic carbocycles. The van der Waals surface area contributed by atoms with Crippen molar-refractivity contribution in [3.63, 3.8) is 0 Å². The summed E-state index contributed by atoms with van der Waals surface area (Å²) in [5.74, 6) is -1.51. The zero-order chi connectivity index (χ0) is 33.5. The number of carboxylic acid groups (broad SMARTS) is 2. The Balaban J connectivity index is 1.69. The van der Waals surface area contributed by atoms with Crippen LogP contribution >= 0.6 is 0 Å². The molecule has 7 heteroatoms. The van der Waals surface area contributed by atoms with Crippen molar-refractivity contribution in [1.82, 2.24) is 9.80 Å². The quantitative estimate of drug-likeness (QED) is 0.119. The van der Waals surface area contributed by atoms with Gasteiger partial charge in [-0.15, -0.1) is 0 Å². The number of allylic oxidation sites excluding steroid dienone is 2. The molecule has 3 saturated carbocycles. The molecule has 0 aromatic carbocycles. The molecule has 0 radical (unpaired) electrons. The average Bonchev–Trinajstić information content (AvgIpc) is 3.32. The maximum Gasteiger partial charge on any atom is 0.373 e. The standard InChI is InChI=1S/C38H64N2O5/c1-10-38(32(34(42)43)33(41)35(44)45)22-26-14-15-27-29-17-16-28(25(4)13-11-12-24(2)3)36(29,5)19-18-30(27)37(26,6)23-31(38)40(9)21-20-39(7)8/h14,24-25,27-32H,10-13,15-23H2,1-9H3,(H,42,43)(H,44,45)/t25-,27?,28-,29?,30?,31?,32+,36-,37+,38?/m1/s1. The van der Waals surface area contributed by atoms with E-state index in [2.05, 4.69) is 57.5 Å². The Morgan fingerprint density at radius 2 is 1.67 bits per heavy atom. The molecule has 4 rings (SSSR count). The molecule has 3 fully saturated rings. The fraction of sp³-hybridized carbons (Fsp3) is 0.868. The maximum absolute atomic E-state index is 13.2. The topological polar surface area (TPSA) is 98.1 Å². The average molecular weight is 629 g/mol. The van der Waals surface area contributed by atoms with E-state index in [0.717, 1.165) is 43.7 Å². The third-order valence-corrected chi connectivity index (χ3v) is 14.0. The molecule has 7 nitrogen and oxygen atoms in total. The van der Waals surface area contributed by atoms with Gasteiger partial charge in [0, 0.05) is 24.5 Å². The van der Waals surface area contributed by atoms with Crippen LogP contribution < -0.4 is 0 Å². The van der Waals surface area contributed by atoms with Crippen molar-refractivity contribution in [2.45, 2.75) is 118 Å². The summed E-state index contributed by atoms with van der Waals surface area (Å²) in [5.41, 5.74) is 0.600. The lowest BCUT2D eigenvalue weighted by molar-refractivity contribution is -0.167. The molecule has 0 saturated heterocycles. The molecule has 0 spiro atoms. The predicted molar refractivity (Wildman–Crippen MR) is 180 cm³/mol. The molecule has 4 aliphatic rings. The number of carbonyl (C=O) groups is 3. The van der Waals surface area contributed by atoms with Crippen LogP contribution in [-0.2, 0) is 14.4 Å². The minimum atomic E-state index is -1.64. The number of Topliss-reactive ketones (excluding diaryl/α,β-unsaturated/α-hetero) is 1. The maximum atomic E-state index is 13.2. The van der Waals surface area contributed by atoms with Gasteiger partial charge >= 0.3 is 11.9 Å². The van der Waals surface area contributed by atoms with E-state index >= 15 is 0 Å². The summed E-state index contributed by atoms with van der Waals surface area (Å²) in [6.45, 7) is 15.7. The van der Waals surface area contributed by atoms with E-state index in [9.17, 15) is 24.6 Å². The van der Waals surface area contributed by atoms with Crippen LogP contribution in [0.4, 0.5) is 0 Å². The number of ketones is 1. The van der Waals surface area contributed by atoms with Gasteiger partial charge in [0.05, 0.1) is 0 Å². The summed E-state index contributed by atoms with van der Waals surface area (Å²) in [5, 5.41) is 20.2. The zero-order valence-corrected chi connectivity index (χ0v) is 29.9. The van der Waals surface area contributed by atoms with E-state index in [0.29, 0.717) is 36.0 Å². The number of aliphatic carboxylic acids is 2. The minimum Gasteiger partial charge on any atom is -0.481 e. The highest BCUT2D eigenvalue weighted by Gasteiger charge is 2.64. The molecule has 2 N–H and O–H groups in total. The van der Waals surface area contributed by atoms with Gasteiger partial charge in [0.1, 0.15) is 5.92 Å². The van der Waals surface area contributed by atoms with Gasteiger partial charge in [0.15, 0.2) is 0 Å². The molecule has 0 amide bonds. The van der Waals surface area contributed by atoms with Crippen molar-refractivity contribution in [2.24, 2.45) is 57.7 Å². The van der Waals surface area contributed by atoms with Crippen LogP contribution in [0, 0.1) is 57.7 Å². The molecule has 256 valence electrons. The Morgan fingerprint density at radius 3 is 2.24 bits per heavy atom. The number of rotatable bonds is 14. The summed E-state index contributed by atoms with van der Waals surface area (Å²) in [6.07, 6.45) is 14.2. The Kier molecular flexibility index (Phi) is 11.1. The van der Waals surface area contributed by atoms with Gasteiger partial charge < -0.3 is 20.0 Å². The second-order valence-electron chi connectivity index (χ2n) is 17.0. The first-order valence-corrected chi connectivity index (χ1v) is 18.1. The molecule has 0 aliphatic heterocycles. The van der Waals surface area contributed by atoms with E-state index in [-0.39, 0.29) is 11.5 Å². The van der Waals surface area contributed by atoms with Gasteiger partial charge in [-0.25, -0.2) is 4.79 Å². The highest BCUT2D eigenvalue weighted by atomic mass is 16.4. The lowest BCUT2D eigenvalue weighted by Gasteiger charge is -2.63. The van der Waals surface area contributed by atoms with Crippen LogP contribution in [0.15, 0.2) is 11.6 Å². The third kappa shape index (κ3) is 6.55. The number of nitrogens with zero attached hydrogens (tertiary/aromatic N) is 2. The van der Waals surface area contributed by atoms with Gasteiger partial charge in [-0.3, -0.25) is 9.59 Å².